The average molecular weight is 510 g/mol. The molecule has 0 radical (unpaired) electrons. The van der Waals surface area contributed by atoms with Gasteiger partial charge in [-0.1, -0.05) is 67.1 Å². The number of hydrogen-bond acceptors (Lipinski definition) is 5. The van der Waals surface area contributed by atoms with Crippen LogP contribution in [0.2, 0.25) is 0 Å². The minimum absolute atomic E-state index is 0.0984. The number of rotatable bonds is 16. The molecule has 0 aliphatic rings. The molecule has 0 fully saturated rings. The molecular formula is C28H35N3O6. The van der Waals surface area contributed by atoms with Gasteiger partial charge >= 0.3 is 12.1 Å². The van der Waals surface area contributed by atoms with E-state index >= 15 is 0 Å². The minimum Gasteiger partial charge on any atom is -0.481 e. The van der Waals surface area contributed by atoms with Crippen LogP contribution in [0.25, 0.3) is 6.08 Å². The molecule has 2 aromatic carbocycles. The van der Waals surface area contributed by atoms with Crippen LogP contribution >= 0.6 is 0 Å². The van der Waals surface area contributed by atoms with Crippen LogP contribution in [0.1, 0.15) is 49.7 Å². The predicted octanol–water partition coefficient (Wildman–Crippen LogP) is 3.65. The van der Waals surface area contributed by atoms with Crippen molar-refractivity contribution in [2.45, 2.75) is 51.2 Å². The molecule has 0 aliphatic heterocycles. The first-order valence-electron chi connectivity index (χ1n) is 12.4. The summed E-state index contributed by atoms with van der Waals surface area (Å²) in [6.45, 7) is 0.824. The molecule has 2 rings (SSSR count). The third-order valence-electron chi connectivity index (χ3n) is 5.38. The van der Waals surface area contributed by atoms with Gasteiger partial charge in [0.05, 0.1) is 0 Å². The summed E-state index contributed by atoms with van der Waals surface area (Å²) in [7, 11) is 0. The second kappa shape index (κ2) is 17.3. The zero-order chi connectivity index (χ0) is 26.7. The van der Waals surface area contributed by atoms with Crippen LogP contribution in [0.5, 0.6) is 0 Å². The number of hydrogen-bond donors (Lipinski definition) is 4. The Morgan fingerprint density at radius 3 is 2.22 bits per heavy atom. The lowest BCUT2D eigenvalue weighted by Crippen LogP contribution is -2.46. The molecule has 0 heterocycles. The lowest BCUT2D eigenvalue weighted by atomic mass is 10.1. The molecule has 0 unspecified atom stereocenters. The molecule has 37 heavy (non-hydrogen) atoms. The highest BCUT2D eigenvalue weighted by Crippen LogP contribution is 2.04. The molecule has 9 heteroatoms. The summed E-state index contributed by atoms with van der Waals surface area (Å²) >= 11 is 0. The number of carbonyl (C=O) groups excluding carboxylic acids is 3. The second-order valence-electron chi connectivity index (χ2n) is 8.43. The highest BCUT2D eigenvalue weighted by Gasteiger charge is 2.19. The smallest absolute Gasteiger partial charge is 0.407 e. The number of ether oxygens (including phenoxy) is 1. The fourth-order valence-electron chi connectivity index (χ4n) is 3.41. The quantitative estimate of drug-likeness (QED) is 0.202. The lowest BCUT2D eigenvalue weighted by molar-refractivity contribution is -0.137. The van der Waals surface area contributed by atoms with Gasteiger partial charge in [-0.3, -0.25) is 14.4 Å². The topological polar surface area (TPSA) is 134 Å². The number of unbranched alkanes of at least 4 members (excludes halogenated alkanes) is 2. The van der Waals surface area contributed by atoms with E-state index in [1.54, 1.807) is 6.08 Å². The van der Waals surface area contributed by atoms with Crippen molar-refractivity contribution in [2.24, 2.45) is 0 Å². The SMILES string of the molecule is O=C(O)CCCCCNC(=O)[C@H](CCCNC(=O)OCc1ccccc1)NC(=O)/C=C/c1ccccc1. The van der Waals surface area contributed by atoms with Crippen molar-refractivity contribution in [3.8, 4) is 0 Å². The molecule has 0 spiro atoms. The number of nitrogens with one attached hydrogen (secondary N) is 3. The fourth-order valence-corrected chi connectivity index (χ4v) is 3.41. The second-order valence-corrected chi connectivity index (χ2v) is 8.43. The van der Waals surface area contributed by atoms with Gasteiger partial charge in [-0.2, -0.15) is 0 Å². The number of carbonyl (C=O) groups is 4. The molecule has 9 nitrogen and oxygen atoms in total. The van der Waals surface area contributed by atoms with Gasteiger partial charge in [-0.25, -0.2) is 4.79 Å². The zero-order valence-corrected chi connectivity index (χ0v) is 20.9. The van der Waals surface area contributed by atoms with E-state index in [1.807, 2.05) is 60.7 Å². The molecule has 2 aromatic rings. The van der Waals surface area contributed by atoms with Crippen molar-refractivity contribution in [2.75, 3.05) is 13.1 Å². The molecule has 0 saturated heterocycles. The van der Waals surface area contributed by atoms with Crippen LogP contribution < -0.4 is 16.0 Å². The average Bonchev–Trinajstić information content (AvgIpc) is 2.90. The number of carboxylic acid groups (broad SMARTS) is 1. The van der Waals surface area contributed by atoms with Gasteiger partial charge in [-0.15, -0.1) is 0 Å². The van der Waals surface area contributed by atoms with E-state index in [0.717, 1.165) is 11.1 Å². The Balaban J connectivity index is 1.79. The summed E-state index contributed by atoms with van der Waals surface area (Å²) in [5.74, 6) is -1.57. The lowest BCUT2D eigenvalue weighted by Gasteiger charge is -2.18. The molecule has 1 atom stereocenters. The summed E-state index contributed by atoms with van der Waals surface area (Å²) in [5.41, 5.74) is 1.74. The number of aliphatic carboxylic acids is 1. The van der Waals surface area contributed by atoms with Gasteiger partial charge in [0.1, 0.15) is 12.6 Å². The number of carboxylic acids is 1. The first-order chi connectivity index (χ1) is 17.9. The van der Waals surface area contributed by atoms with Gasteiger partial charge in [0.15, 0.2) is 0 Å². The Morgan fingerprint density at radius 1 is 0.838 bits per heavy atom. The van der Waals surface area contributed by atoms with Gasteiger partial charge in [-0.05, 0) is 42.9 Å². The van der Waals surface area contributed by atoms with E-state index in [2.05, 4.69) is 16.0 Å². The maximum absolute atomic E-state index is 12.7. The van der Waals surface area contributed by atoms with Gasteiger partial charge in [0.25, 0.3) is 0 Å². The van der Waals surface area contributed by atoms with Gasteiger partial charge in [0, 0.05) is 25.6 Å². The van der Waals surface area contributed by atoms with Gasteiger partial charge < -0.3 is 25.8 Å². The Labute approximate surface area is 217 Å². The molecule has 4 N–H and O–H groups in total. The number of benzene rings is 2. The van der Waals surface area contributed by atoms with Crippen LogP contribution in [0.3, 0.4) is 0 Å². The molecule has 0 aliphatic carbocycles. The van der Waals surface area contributed by atoms with E-state index in [4.69, 9.17) is 9.84 Å². The predicted molar refractivity (Wildman–Crippen MR) is 140 cm³/mol. The summed E-state index contributed by atoms with van der Waals surface area (Å²) < 4.78 is 5.18. The number of alkyl carbamates (subject to hydrolysis) is 1. The Morgan fingerprint density at radius 2 is 1.51 bits per heavy atom. The Hall–Kier alpha value is -4.14. The molecule has 0 saturated carbocycles. The van der Waals surface area contributed by atoms with Crippen LogP contribution in [-0.4, -0.2) is 48.1 Å². The van der Waals surface area contributed by atoms with E-state index in [1.165, 1.54) is 6.08 Å². The summed E-state index contributed by atoms with van der Waals surface area (Å²) in [6.07, 6.45) is 5.21. The van der Waals surface area contributed by atoms with E-state index in [0.29, 0.717) is 38.6 Å². The Bertz CT molecular complexity index is 1010. The Kier molecular flexibility index (Phi) is 13.6. The highest BCUT2D eigenvalue weighted by molar-refractivity contribution is 5.95. The van der Waals surface area contributed by atoms with Gasteiger partial charge in [0.2, 0.25) is 11.8 Å². The number of amides is 3. The van der Waals surface area contributed by atoms with Crippen molar-refractivity contribution in [1.29, 1.82) is 0 Å². The minimum atomic E-state index is -0.840. The van der Waals surface area contributed by atoms with Crippen molar-refractivity contribution in [1.82, 2.24) is 16.0 Å². The van der Waals surface area contributed by atoms with E-state index in [-0.39, 0.29) is 25.5 Å². The van der Waals surface area contributed by atoms with Crippen molar-refractivity contribution < 1.29 is 29.0 Å². The molecular weight excluding hydrogens is 474 g/mol. The van der Waals surface area contributed by atoms with Crippen LogP contribution in [0, 0.1) is 0 Å². The standard InChI is InChI=1S/C28H35N3O6/c32-25(18-17-22-11-4-1-5-12-22)31-24(27(35)29-19-9-3-8-16-26(33)34)15-10-20-30-28(36)37-21-23-13-6-2-7-14-23/h1-2,4-7,11-14,17-18,24H,3,8-10,15-16,19-21H2,(H,29,35)(H,30,36)(H,31,32)(H,33,34)/b18-17+/t24-/m0/s1. The van der Waals surface area contributed by atoms with Crippen LogP contribution in [0.15, 0.2) is 66.7 Å². The maximum atomic E-state index is 12.7. The third-order valence-corrected chi connectivity index (χ3v) is 5.38. The fraction of sp³-hybridized carbons (Fsp3) is 0.357. The van der Waals surface area contributed by atoms with Crippen LogP contribution in [-0.2, 0) is 25.7 Å². The largest absolute Gasteiger partial charge is 0.481 e. The maximum Gasteiger partial charge on any atom is 0.407 e. The molecule has 0 aromatic heterocycles. The highest BCUT2D eigenvalue weighted by atomic mass is 16.5. The summed E-state index contributed by atoms with van der Waals surface area (Å²) in [5, 5.41) is 16.9. The molecule has 3 amide bonds. The van der Waals surface area contributed by atoms with E-state index < -0.39 is 24.0 Å². The molecule has 198 valence electrons. The summed E-state index contributed by atoms with van der Waals surface area (Å²) in [4.78, 5) is 47.7. The summed E-state index contributed by atoms with van der Waals surface area (Å²) in [6, 6.07) is 17.9. The third kappa shape index (κ3) is 13.5. The zero-order valence-electron chi connectivity index (χ0n) is 20.9. The van der Waals surface area contributed by atoms with E-state index in [9.17, 15) is 19.2 Å². The van der Waals surface area contributed by atoms with Crippen molar-refractivity contribution in [3.05, 3.63) is 77.9 Å². The monoisotopic (exact) mass is 509 g/mol. The normalized spacial score (nSPS) is 11.5. The molecule has 0 bridgehead atoms. The van der Waals surface area contributed by atoms with Crippen LogP contribution in [0.4, 0.5) is 4.79 Å². The first-order valence-corrected chi connectivity index (χ1v) is 12.4. The first kappa shape index (κ1) is 29.1. The van der Waals surface area contributed by atoms with Crippen molar-refractivity contribution >= 4 is 30.0 Å². The van der Waals surface area contributed by atoms with Crippen molar-refractivity contribution in [3.63, 3.8) is 0 Å².